The summed E-state index contributed by atoms with van der Waals surface area (Å²) < 4.78 is 57.8. The van der Waals surface area contributed by atoms with Gasteiger partial charge < -0.3 is 35.2 Å². The molecule has 15 rings (SSSR count). The summed E-state index contributed by atoms with van der Waals surface area (Å²) in [5.74, 6) is -3.03. The predicted molar refractivity (Wildman–Crippen MR) is 383 cm³/mol. The van der Waals surface area contributed by atoms with Crippen LogP contribution in [0.1, 0.15) is 140 Å². The monoisotopic (exact) mass is 1540 g/mol. The Morgan fingerprint density at radius 3 is 1.13 bits per heavy atom. The van der Waals surface area contributed by atoms with Crippen LogP contribution in [-0.2, 0) is 23.9 Å². The van der Waals surface area contributed by atoms with Crippen LogP contribution in [0.5, 0.6) is 0 Å². The maximum absolute atomic E-state index is 15.1. The molecule has 3 aromatic heterocycles. The minimum Gasteiger partial charge on any atom is -0.870 e. The summed E-state index contributed by atoms with van der Waals surface area (Å²) in [6.45, 7) is 5.41. The Balaban J connectivity index is 0.000000175. The second kappa shape index (κ2) is 32.8. The summed E-state index contributed by atoms with van der Waals surface area (Å²) in [7, 11) is 2.88. The first-order valence-electron chi connectivity index (χ1n) is 31.8. The zero-order chi connectivity index (χ0) is 68.1. The van der Waals surface area contributed by atoms with Crippen molar-refractivity contribution in [2.45, 2.75) is 149 Å². The Morgan fingerprint density at radius 1 is 0.480 bits per heavy atom. The van der Waals surface area contributed by atoms with Crippen molar-refractivity contribution < 1.29 is 80.9 Å². The third-order valence-electron chi connectivity index (χ3n) is 19.6. The van der Waals surface area contributed by atoms with Crippen molar-refractivity contribution in [2.75, 3.05) is 24.0 Å². The van der Waals surface area contributed by atoms with Gasteiger partial charge in [-0.05, 0) is 192 Å². The Bertz CT molecular complexity index is 4490. The third-order valence-corrected chi connectivity index (χ3v) is 21.3. The first-order chi connectivity index (χ1) is 46.1. The zero-order valence-corrected chi connectivity index (χ0v) is 58.9. The van der Waals surface area contributed by atoms with E-state index in [9.17, 15) is 38.3 Å². The molecule has 0 spiro atoms. The van der Waals surface area contributed by atoms with E-state index in [0.29, 0.717) is 118 Å². The fourth-order valence-corrected chi connectivity index (χ4v) is 16.8. The molecule has 19 nitrogen and oxygen atoms in total. The number of rotatable bonds is 8. The Labute approximate surface area is 617 Å². The topological polar surface area (TPSA) is 243 Å². The number of carboxylic acids is 1. The molecule has 27 heteroatoms. The molecule has 0 amide bonds. The predicted octanol–water partition coefficient (Wildman–Crippen LogP) is 12.6. The number of ether oxygens (including phenoxy) is 2. The van der Waals surface area contributed by atoms with Crippen LogP contribution in [0, 0.1) is 59.7 Å². The first-order valence-corrected chi connectivity index (χ1v) is 34.1. The van der Waals surface area contributed by atoms with Crippen molar-refractivity contribution in [3.05, 3.63) is 179 Å². The number of methoxy groups -OCH3 is 2. The minimum atomic E-state index is -0.789. The summed E-state index contributed by atoms with van der Waals surface area (Å²) in [6, 6.07) is 30.7. The molecule has 100 heavy (non-hydrogen) atoms. The van der Waals surface area contributed by atoms with Crippen LogP contribution < -0.4 is 34.0 Å². The number of aryl methyl sites for hydroxylation is 3. The van der Waals surface area contributed by atoms with Crippen molar-refractivity contribution in [2.24, 2.45) is 17.8 Å². The van der Waals surface area contributed by atoms with E-state index >= 15 is 8.78 Å². The van der Waals surface area contributed by atoms with Gasteiger partial charge in [0.05, 0.1) is 96.4 Å². The molecule has 6 aliphatic heterocycles. The van der Waals surface area contributed by atoms with Gasteiger partial charge in [-0.1, -0.05) is 104 Å². The van der Waals surface area contributed by atoms with E-state index in [1.165, 1.54) is 59.3 Å². The molecular formula is C73H77Cl3F3ILiN9O10. The molecule has 0 aliphatic carbocycles. The number of benzene rings is 6. The molecule has 0 radical (unpaired) electrons. The number of carbonyl (C=O) groups excluding carboxylic acids is 5. The Hall–Kier alpha value is -7.34. The number of esters is 2. The molecule has 524 valence electrons. The molecule has 6 saturated heterocycles. The molecule has 9 aromatic rings. The molecule has 9 heterocycles. The summed E-state index contributed by atoms with van der Waals surface area (Å²) in [5.41, 5.74) is 4.46. The number of carboxylic acid groups (broad SMARTS) is 1. The SMILES string of the molecule is C.C.COC(=O)C1CC2CCC(C1)N2.COC(=O)C1CC2CCC(C1)N2c1nn(C(=O)c2c(C)cccc2Cl)c2cccc(F)c12.Cc1cccc(Cl)c1C(=O)n1nc(I)c2c(F)cccc21.Cc1cccc(Cl)c1C(=O)n1nc(N2C3CCC2CC(C(=O)O)C3)c2c(F)cccc21.[Li+].[OH-]. The van der Waals surface area contributed by atoms with Gasteiger partial charge in [0.2, 0.25) is 0 Å². The number of halogens is 7. The van der Waals surface area contributed by atoms with Crippen molar-refractivity contribution in [1.29, 1.82) is 0 Å². The molecule has 6 bridgehead atoms. The molecule has 6 aliphatic rings. The van der Waals surface area contributed by atoms with Crippen LogP contribution in [0.15, 0.2) is 109 Å². The third kappa shape index (κ3) is 15.1. The Kier molecular flexibility index (Phi) is 25.7. The molecule has 6 unspecified atom stereocenters. The van der Waals surface area contributed by atoms with Gasteiger partial charge in [0.25, 0.3) is 17.7 Å². The number of nitrogens with zero attached hydrogens (tertiary/aromatic N) is 8. The Morgan fingerprint density at radius 2 is 0.790 bits per heavy atom. The van der Waals surface area contributed by atoms with Crippen molar-refractivity contribution in [3.8, 4) is 0 Å². The van der Waals surface area contributed by atoms with Crippen molar-refractivity contribution in [3.63, 3.8) is 0 Å². The van der Waals surface area contributed by atoms with Crippen molar-refractivity contribution >= 4 is 137 Å². The average molecular weight is 1540 g/mol. The van der Waals surface area contributed by atoms with Gasteiger partial charge >= 0.3 is 36.8 Å². The molecule has 6 aromatic carbocycles. The van der Waals surface area contributed by atoms with Gasteiger partial charge in [0.1, 0.15) is 21.2 Å². The fraction of sp³-hybridized carbons (Fsp3) is 0.384. The number of nitrogens with one attached hydrogen (secondary N) is 1. The standard InChI is InChI=1S/C24H23ClFN3O3.C23H21ClFN3O3.C15H9ClFIN2O.C9H15NO2.2CH4.Li.H2O/c1-13-5-3-6-17(25)20(13)23(30)29-19-8-4-7-18(26)21(19)22(27-29)28-15-9-10-16(28)12-14(11-15)24(31)32-2;1-12-4-2-5-16(24)19(12)22(29)28-18-7-3-6-17(25)20(18)21(26-28)27-14-8-9-15(27)11-13(10-14)23(30)31;1-8-4-2-5-9(16)12(8)15(21)20-11-7-3-6-10(17)13(11)14(18)19-20;1-12-9(11)6-4-7-2-3-8(5-6)10-7;;;;/h3-8,14-16H,9-12H2,1-2H3;2-7,13-15H,8-11H2,1H3,(H,30,31);2-7H,1H3;6-8,10H,2-5H2,1H3;2*1H4;;1H2/q;;;;;;+1;/p-1. The second-order valence-electron chi connectivity index (χ2n) is 25.4. The van der Waals surface area contributed by atoms with Crippen LogP contribution in [0.3, 0.4) is 0 Å². The number of aromatic nitrogens is 6. The number of fused-ring (bicyclic) bond motifs is 9. The molecule has 0 saturated carbocycles. The van der Waals surface area contributed by atoms with Crippen molar-refractivity contribution in [1.82, 2.24) is 34.7 Å². The summed E-state index contributed by atoms with van der Waals surface area (Å²) >= 11 is 20.7. The number of hydrogen-bond donors (Lipinski definition) is 2. The molecule has 3 N–H and O–H groups in total. The van der Waals surface area contributed by atoms with Crippen LogP contribution in [0.25, 0.3) is 32.7 Å². The van der Waals surface area contributed by atoms with Gasteiger partial charge in [0, 0.05) is 36.3 Å². The molecule has 6 atom stereocenters. The number of anilines is 2. The first kappa shape index (κ1) is 78.4. The number of carbonyl (C=O) groups is 6. The van der Waals surface area contributed by atoms with E-state index in [0.717, 1.165) is 49.7 Å². The van der Waals surface area contributed by atoms with E-state index in [4.69, 9.17) is 44.3 Å². The van der Waals surface area contributed by atoms with Gasteiger partial charge in [-0.15, -0.1) is 10.2 Å². The smallest absolute Gasteiger partial charge is 0.870 e. The quantitative estimate of drug-likeness (QED) is 0.0816. The number of piperidine rings is 3. The van der Waals surface area contributed by atoms with Gasteiger partial charge in [0.15, 0.2) is 11.6 Å². The molecule has 6 fully saturated rings. The number of aliphatic carboxylic acids is 1. The summed E-state index contributed by atoms with van der Waals surface area (Å²) in [5, 5.41) is 28.3. The fourth-order valence-electron chi connectivity index (χ4n) is 15.2. The maximum atomic E-state index is 15.1. The van der Waals surface area contributed by atoms with Crippen LogP contribution >= 0.6 is 57.4 Å². The van der Waals surface area contributed by atoms with E-state index in [2.05, 4.69) is 25.5 Å². The largest absolute Gasteiger partial charge is 1.00 e. The maximum Gasteiger partial charge on any atom is 1.00 e. The summed E-state index contributed by atoms with van der Waals surface area (Å²) in [4.78, 5) is 78.7. The van der Waals surface area contributed by atoms with Crippen LogP contribution in [-0.4, -0.2) is 126 Å². The van der Waals surface area contributed by atoms with E-state index < -0.39 is 41.2 Å². The number of hydrogen-bond acceptors (Lipinski definition) is 15. The minimum absolute atomic E-state index is 0. The van der Waals surface area contributed by atoms with Gasteiger partial charge in [-0.2, -0.15) is 19.1 Å². The molecular weight excluding hydrogens is 1460 g/mol. The van der Waals surface area contributed by atoms with Gasteiger partial charge in [-0.25, -0.2) is 13.2 Å². The van der Waals surface area contributed by atoms with E-state index in [1.54, 1.807) is 98.8 Å². The van der Waals surface area contributed by atoms with Gasteiger partial charge in [-0.3, -0.25) is 28.8 Å². The van der Waals surface area contributed by atoms with Crippen LogP contribution in [0.2, 0.25) is 15.1 Å². The zero-order valence-electron chi connectivity index (χ0n) is 54.5. The van der Waals surface area contributed by atoms with E-state index in [1.807, 2.05) is 40.5 Å². The normalized spacial score (nSPS) is 21.3. The second-order valence-corrected chi connectivity index (χ2v) is 27.6. The van der Waals surface area contributed by atoms with Crippen LogP contribution in [0.4, 0.5) is 24.8 Å². The summed E-state index contributed by atoms with van der Waals surface area (Å²) in [6.07, 6.45) is 10.1. The van der Waals surface area contributed by atoms with E-state index in [-0.39, 0.29) is 98.4 Å². The average Bonchev–Trinajstić information content (AvgIpc) is 1.59.